The van der Waals surface area contributed by atoms with Crippen LogP contribution < -0.4 is 10.0 Å². The summed E-state index contributed by atoms with van der Waals surface area (Å²) in [4.78, 5) is 11.5. The highest BCUT2D eigenvalue weighted by Gasteiger charge is 2.07. The fourth-order valence-electron chi connectivity index (χ4n) is 1.32. The minimum Gasteiger partial charge on any atom is -0.379 e. The van der Waals surface area contributed by atoms with Crippen molar-refractivity contribution in [1.29, 1.82) is 0 Å². The third-order valence-corrected chi connectivity index (χ3v) is 3.92. The average molecular weight is 351 g/mol. The Bertz CT molecular complexity index is 254. The maximum Gasteiger partial charge on any atom is 0.231 e. The summed E-state index contributed by atoms with van der Waals surface area (Å²) in [6.07, 6.45) is 1.03. The van der Waals surface area contributed by atoms with Crippen molar-refractivity contribution in [3.63, 3.8) is 0 Å². The van der Waals surface area contributed by atoms with E-state index in [-0.39, 0.29) is 5.91 Å². The molecule has 0 spiro atoms. The van der Waals surface area contributed by atoms with E-state index in [1.54, 1.807) is 0 Å². The summed E-state index contributed by atoms with van der Waals surface area (Å²) >= 11 is 1.46. The van der Waals surface area contributed by atoms with Gasteiger partial charge in [-0.05, 0) is 18.3 Å². The van der Waals surface area contributed by atoms with Gasteiger partial charge in [-0.25, -0.2) is 0 Å². The summed E-state index contributed by atoms with van der Waals surface area (Å²) in [5.74, 6) is 1.74. The zero-order chi connectivity index (χ0) is 17.9. The van der Waals surface area contributed by atoms with Gasteiger partial charge in [-0.15, -0.1) is 0 Å². The van der Waals surface area contributed by atoms with Crippen LogP contribution in [-0.2, 0) is 14.3 Å². The molecule has 0 aliphatic rings. The first-order valence-corrected chi connectivity index (χ1v) is 9.83. The first-order chi connectivity index (χ1) is 11.1. The van der Waals surface area contributed by atoms with E-state index in [0.29, 0.717) is 44.0 Å². The van der Waals surface area contributed by atoms with E-state index in [1.807, 2.05) is 13.8 Å². The lowest BCUT2D eigenvalue weighted by Crippen LogP contribution is -2.30. The molecule has 0 saturated heterocycles. The van der Waals surface area contributed by atoms with Gasteiger partial charge in [0.15, 0.2) is 0 Å². The zero-order valence-electron chi connectivity index (χ0n) is 15.9. The summed E-state index contributed by atoms with van der Waals surface area (Å²) in [6, 6.07) is 0. The predicted molar refractivity (Wildman–Crippen MR) is 101 cm³/mol. The molecule has 0 fully saturated rings. The molecule has 0 aromatic rings. The molecule has 23 heavy (non-hydrogen) atoms. The van der Waals surface area contributed by atoms with Gasteiger partial charge >= 0.3 is 0 Å². The number of rotatable bonds is 14. The van der Waals surface area contributed by atoms with Gasteiger partial charge in [-0.1, -0.05) is 53.5 Å². The van der Waals surface area contributed by atoms with Crippen molar-refractivity contribution in [2.75, 3.05) is 45.3 Å². The topological polar surface area (TPSA) is 59.6 Å². The van der Waals surface area contributed by atoms with Crippen LogP contribution in [0, 0.1) is 11.8 Å². The molecule has 0 aliphatic heterocycles. The fourth-order valence-corrected chi connectivity index (χ4v) is 2.04. The highest BCUT2D eigenvalue weighted by Crippen LogP contribution is 2.08. The minimum absolute atomic E-state index is 0.0375. The summed E-state index contributed by atoms with van der Waals surface area (Å²) < 4.78 is 13.9. The molecule has 0 aromatic heterocycles. The maximum absolute atomic E-state index is 11.5. The van der Waals surface area contributed by atoms with Gasteiger partial charge in [0.2, 0.25) is 5.91 Å². The van der Waals surface area contributed by atoms with Crippen LogP contribution in [0.25, 0.3) is 0 Å². The predicted octanol–water partition coefficient (Wildman–Crippen LogP) is 3.10. The van der Waals surface area contributed by atoms with Crippen LogP contribution >= 0.6 is 11.9 Å². The van der Waals surface area contributed by atoms with Gasteiger partial charge in [0.25, 0.3) is 0 Å². The Balaban J connectivity index is 0. The van der Waals surface area contributed by atoms with Crippen molar-refractivity contribution in [2.45, 2.75) is 48.0 Å². The third-order valence-electron chi connectivity index (χ3n) is 3.14. The number of amides is 1. The Hall–Kier alpha value is -0.300. The Morgan fingerprint density at radius 2 is 1.65 bits per heavy atom. The largest absolute Gasteiger partial charge is 0.379 e. The van der Waals surface area contributed by atoms with Crippen LogP contribution in [0.2, 0.25) is 0 Å². The molecule has 1 unspecified atom stereocenters. The molecule has 5 nitrogen and oxygen atoms in total. The number of carbonyl (C=O) groups excluding carboxylic acids is 1. The van der Waals surface area contributed by atoms with Gasteiger partial charge in [-0.2, -0.15) is 0 Å². The van der Waals surface area contributed by atoms with E-state index in [4.69, 9.17) is 9.47 Å². The number of ether oxygens (including phenoxy) is 2. The summed E-state index contributed by atoms with van der Waals surface area (Å²) in [7, 11) is 0. The summed E-state index contributed by atoms with van der Waals surface area (Å²) in [6.45, 7) is 16.7. The van der Waals surface area contributed by atoms with Crippen molar-refractivity contribution in [1.82, 2.24) is 10.0 Å². The van der Waals surface area contributed by atoms with Crippen LogP contribution in [0.15, 0.2) is 0 Å². The van der Waals surface area contributed by atoms with Gasteiger partial charge in [0.05, 0.1) is 25.6 Å². The Morgan fingerprint density at radius 3 is 2.22 bits per heavy atom. The lowest BCUT2D eigenvalue weighted by Gasteiger charge is -2.15. The molecule has 0 radical (unpaired) electrons. The normalized spacial score (nSPS) is 11.8. The first-order valence-electron chi connectivity index (χ1n) is 8.84. The van der Waals surface area contributed by atoms with Gasteiger partial charge in [0, 0.05) is 19.7 Å². The van der Waals surface area contributed by atoms with E-state index in [0.717, 1.165) is 19.6 Å². The zero-order valence-corrected chi connectivity index (χ0v) is 16.8. The molecule has 0 rings (SSSR count). The van der Waals surface area contributed by atoms with Crippen molar-refractivity contribution in [2.24, 2.45) is 11.8 Å². The van der Waals surface area contributed by atoms with Crippen LogP contribution in [-0.4, -0.2) is 51.2 Å². The molecule has 2 N–H and O–H groups in total. The molecular formula is C17H38N2O3S. The molecule has 0 aliphatic carbocycles. The molecule has 1 atom stereocenters. The smallest absolute Gasteiger partial charge is 0.231 e. The average Bonchev–Trinajstić information content (AvgIpc) is 2.55. The Kier molecular flexibility index (Phi) is 21.4. The molecule has 140 valence electrons. The van der Waals surface area contributed by atoms with E-state index in [2.05, 4.69) is 37.7 Å². The fraction of sp³-hybridized carbons (Fsp3) is 0.941. The van der Waals surface area contributed by atoms with Crippen molar-refractivity contribution in [3.05, 3.63) is 0 Å². The highest BCUT2D eigenvalue weighted by molar-refractivity contribution is 7.98. The van der Waals surface area contributed by atoms with E-state index in [9.17, 15) is 4.79 Å². The molecule has 1 amide bonds. The molecule has 0 saturated carbocycles. The monoisotopic (exact) mass is 350 g/mol. The van der Waals surface area contributed by atoms with Gasteiger partial charge in [-0.3, -0.25) is 9.52 Å². The molecule has 0 heterocycles. The summed E-state index contributed by atoms with van der Waals surface area (Å²) in [5, 5.41) is 2.83. The van der Waals surface area contributed by atoms with Crippen LogP contribution in [0.3, 0.4) is 0 Å². The Morgan fingerprint density at radius 1 is 1.04 bits per heavy atom. The van der Waals surface area contributed by atoms with Crippen LogP contribution in [0.4, 0.5) is 0 Å². The summed E-state index contributed by atoms with van der Waals surface area (Å²) in [5.41, 5.74) is 0. The third kappa shape index (κ3) is 19.7. The minimum atomic E-state index is 0.0375. The molecule has 0 bridgehead atoms. The lowest BCUT2D eigenvalue weighted by atomic mass is 9.99. The maximum atomic E-state index is 11.5. The highest BCUT2D eigenvalue weighted by atomic mass is 32.2. The Labute approximate surface area is 147 Å². The van der Waals surface area contributed by atoms with Gasteiger partial charge in [0.1, 0.15) is 0 Å². The van der Waals surface area contributed by atoms with Crippen molar-refractivity contribution in [3.8, 4) is 0 Å². The van der Waals surface area contributed by atoms with Crippen LogP contribution in [0.5, 0.6) is 0 Å². The van der Waals surface area contributed by atoms with Crippen molar-refractivity contribution >= 4 is 17.9 Å². The second-order valence-corrected chi connectivity index (χ2v) is 6.30. The molecular weight excluding hydrogens is 312 g/mol. The number of hydrogen-bond acceptors (Lipinski definition) is 5. The second kappa shape index (κ2) is 19.7. The number of carbonyl (C=O) groups is 1. The van der Waals surface area contributed by atoms with Crippen molar-refractivity contribution < 1.29 is 14.3 Å². The SMILES string of the molecule is CC.CCCOCCOCCNC(=O)CSNCC(C)C(C)C. The lowest BCUT2D eigenvalue weighted by molar-refractivity contribution is -0.118. The quantitative estimate of drug-likeness (QED) is 0.372. The van der Waals surface area contributed by atoms with E-state index < -0.39 is 0 Å². The first kappa shape index (κ1) is 24.9. The standard InChI is InChI=1S/C15H32N2O3S.C2H6/c1-5-7-19-9-10-20-8-6-16-15(18)12-21-17-11-14(4)13(2)3;1-2/h13-14,17H,5-12H2,1-4H3,(H,16,18);1-2H3. The number of nitrogens with one attached hydrogen (secondary N) is 2. The van der Waals surface area contributed by atoms with E-state index >= 15 is 0 Å². The molecule has 0 aromatic carbocycles. The van der Waals surface area contributed by atoms with Crippen LogP contribution in [0.1, 0.15) is 48.0 Å². The molecule has 6 heteroatoms. The number of hydrogen-bond donors (Lipinski definition) is 2. The van der Waals surface area contributed by atoms with E-state index in [1.165, 1.54) is 11.9 Å². The second-order valence-electron chi connectivity index (χ2n) is 5.43. The van der Waals surface area contributed by atoms with Gasteiger partial charge < -0.3 is 14.8 Å².